The van der Waals surface area contributed by atoms with E-state index in [-0.39, 0.29) is 5.54 Å². The van der Waals surface area contributed by atoms with Gasteiger partial charge >= 0.3 is 0 Å². The van der Waals surface area contributed by atoms with Crippen molar-refractivity contribution in [2.24, 2.45) is 0 Å². The maximum Gasteiger partial charge on any atom is 0.0727 e. The number of hydrogen-bond donors (Lipinski definition) is 1. The van der Waals surface area contributed by atoms with Crippen LogP contribution in [0.3, 0.4) is 0 Å². The first-order chi connectivity index (χ1) is 7.99. The molecule has 0 saturated heterocycles. The molecular weight excluding hydrogens is 278 g/mol. The lowest BCUT2D eigenvalue weighted by Gasteiger charge is -2.20. The fraction of sp³-hybridized carbons (Fsp3) is 0.571. The largest absolute Gasteiger partial charge is 0.377 e. The molecule has 17 heavy (non-hydrogen) atoms. The van der Waals surface area contributed by atoms with E-state index in [1.165, 1.54) is 5.56 Å². The molecule has 96 valence electrons. The van der Waals surface area contributed by atoms with Crippen LogP contribution in [0.5, 0.6) is 0 Å². The normalized spacial score (nSPS) is 11.8. The van der Waals surface area contributed by atoms with Crippen LogP contribution in [0.4, 0.5) is 0 Å². The second-order valence-electron chi connectivity index (χ2n) is 5.17. The van der Waals surface area contributed by atoms with E-state index in [4.69, 9.17) is 4.74 Å². The standard InChI is InChI=1S/C14H22BrNO/c1-14(2,3)16-9-6-10-17-11-12-7-4-5-8-13(12)15/h4-5,7-8,16H,6,9-11H2,1-3H3. The number of rotatable bonds is 6. The molecule has 0 radical (unpaired) electrons. The summed E-state index contributed by atoms with van der Waals surface area (Å²) in [7, 11) is 0. The molecule has 0 unspecified atom stereocenters. The molecule has 0 bridgehead atoms. The van der Waals surface area contributed by atoms with Gasteiger partial charge in [-0.3, -0.25) is 0 Å². The Morgan fingerprint density at radius 3 is 2.59 bits per heavy atom. The van der Waals surface area contributed by atoms with Crippen molar-refractivity contribution in [1.82, 2.24) is 5.32 Å². The van der Waals surface area contributed by atoms with Crippen LogP contribution < -0.4 is 5.32 Å². The maximum atomic E-state index is 5.65. The molecule has 0 spiro atoms. The lowest BCUT2D eigenvalue weighted by molar-refractivity contribution is 0.116. The van der Waals surface area contributed by atoms with Gasteiger partial charge < -0.3 is 10.1 Å². The highest BCUT2D eigenvalue weighted by Crippen LogP contribution is 2.16. The molecule has 0 heterocycles. The highest BCUT2D eigenvalue weighted by atomic mass is 79.9. The van der Waals surface area contributed by atoms with E-state index in [0.717, 1.165) is 24.0 Å². The third kappa shape index (κ3) is 6.81. The Bertz CT molecular complexity index is 333. The molecule has 0 atom stereocenters. The minimum Gasteiger partial charge on any atom is -0.377 e. The van der Waals surface area contributed by atoms with Crippen LogP contribution in [0.1, 0.15) is 32.8 Å². The smallest absolute Gasteiger partial charge is 0.0727 e. The van der Waals surface area contributed by atoms with Crippen molar-refractivity contribution in [3.63, 3.8) is 0 Å². The maximum absolute atomic E-state index is 5.65. The van der Waals surface area contributed by atoms with E-state index in [2.05, 4.69) is 48.1 Å². The van der Waals surface area contributed by atoms with Gasteiger partial charge in [0.15, 0.2) is 0 Å². The molecule has 0 amide bonds. The van der Waals surface area contributed by atoms with Crippen molar-refractivity contribution in [3.8, 4) is 0 Å². The molecule has 1 aromatic rings. The van der Waals surface area contributed by atoms with Crippen molar-refractivity contribution in [2.45, 2.75) is 39.3 Å². The van der Waals surface area contributed by atoms with Crippen molar-refractivity contribution >= 4 is 15.9 Å². The van der Waals surface area contributed by atoms with Gasteiger partial charge in [-0.1, -0.05) is 34.1 Å². The van der Waals surface area contributed by atoms with Crippen LogP contribution in [-0.4, -0.2) is 18.7 Å². The van der Waals surface area contributed by atoms with Crippen molar-refractivity contribution in [1.29, 1.82) is 0 Å². The van der Waals surface area contributed by atoms with Crippen LogP contribution in [0, 0.1) is 0 Å². The molecular formula is C14H22BrNO. The summed E-state index contributed by atoms with van der Waals surface area (Å²) in [5, 5.41) is 3.44. The Hall–Kier alpha value is -0.380. The molecule has 1 aromatic carbocycles. The van der Waals surface area contributed by atoms with E-state index in [1.807, 2.05) is 18.2 Å². The molecule has 0 saturated carbocycles. The number of halogens is 1. The van der Waals surface area contributed by atoms with Gasteiger partial charge in [0.05, 0.1) is 6.61 Å². The SMILES string of the molecule is CC(C)(C)NCCCOCc1ccccc1Br. The van der Waals surface area contributed by atoms with Crippen LogP contribution in [0.25, 0.3) is 0 Å². The number of benzene rings is 1. The van der Waals surface area contributed by atoms with E-state index in [9.17, 15) is 0 Å². The summed E-state index contributed by atoms with van der Waals surface area (Å²) in [5.74, 6) is 0. The van der Waals surface area contributed by atoms with Gasteiger partial charge in [0.2, 0.25) is 0 Å². The summed E-state index contributed by atoms with van der Waals surface area (Å²) in [6, 6.07) is 8.17. The average Bonchev–Trinajstić information content (AvgIpc) is 2.24. The molecule has 1 rings (SSSR count). The summed E-state index contributed by atoms with van der Waals surface area (Å²) in [5.41, 5.74) is 1.40. The second-order valence-corrected chi connectivity index (χ2v) is 6.03. The monoisotopic (exact) mass is 299 g/mol. The Kier molecular flexibility index (Phi) is 6.17. The van der Waals surface area contributed by atoms with Crippen LogP contribution >= 0.6 is 15.9 Å². The van der Waals surface area contributed by atoms with Crippen molar-refractivity contribution < 1.29 is 4.74 Å². The molecule has 1 N–H and O–H groups in total. The van der Waals surface area contributed by atoms with Gasteiger partial charge in [0.25, 0.3) is 0 Å². The van der Waals surface area contributed by atoms with Crippen molar-refractivity contribution in [3.05, 3.63) is 34.3 Å². The molecule has 0 aliphatic rings. The first-order valence-corrected chi connectivity index (χ1v) is 6.84. The van der Waals surface area contributed by atoms with Gasteiger partial charge in [-0.15, -0.1) is 0 Å². The molecule has 0 aliphatic heterocycles. The Labute approximate surface area is 113 Å². The second kappa shape index (κ2) is 7.14. The average molecular weight is 300 g/mol. The number of ether oxygens (including phenoxy) is 1. The van der Waals surface area contributed by atoms with E-state index in [1.54, 1.807) is 0 Å². The van der Waals surface area contributed by atoms with E-state index in [0.29, 0.717) is 6.61 Å². The summed E-state index contributed by atoms with van der Waals surface area (Å²) in [6.07, 6.45) is 1.04. The van der Waals surface area contributed by atoms with Crippen LogP contribution in [-0.2, 0) is 11.3 Å². The molecule has 2 nitrogen and oxygen atoms in total. The Balaban J connectivity index is 2.11. The summed E-state index contributed by atoms with van der Waals surface area (Å²) >= 11 is 3.51. The Morgan fingerprint density at radius 1 is 1.24 bits per heavy atom. The molecule has 3 heteroatoms. The fourth-order valence-corrected chi connectivity index (χ4v) is 1.83. The fourth-order valence-electron chi connectivity index (χ4n) is 1.44. The topological polar surface area (TPSA) is 21.3 Å². The lowest BCUT2D eigenvalue weighted by atomic mass is 10.1. The third-order valence-electron chi connectivity index (χ3n) is 2.34. The predicted octanol–water partition coefficient (Wildman–Crippen LogP) is 3.74. The minimum atomic E-state index is 0.197. The predicted molar refractivity (Wildman–Crippen MR) is 76.2 cm³/mol. The van der Waals surface area contributed by atoms with Gasteiger partial charge in [-0.25, -0.2) is 0 Å². The Morgan fingerprint density at radius 2 is 1.94 bits per heavy atom. The number of hydrogen-bond acceptors (Lipinski definition) is 2. The van der Waals surface area contributed by atoms with Gasteiger partial charge in [-0.2, -0.15) is 0 Å². The lowest BCUT2D eigenvalue weighted by Crippen LogP contribution is -2.36. The van der Waals surface area contributed by atoms with Gasteiger partial charge in [-0.05, 0) is 45.4 Å². The summed E-state index contributed by atoms with van der Waals surface area (Å²) in [6.45, 7) is 9.00. The molecule has 0 fully saturated rings. The van der Waals surface area contributed by atoms with Gasteiger partial charge in [0, 0.05) is 16.6 Å². The quantitative estimate of drug-likeness (QED) is 0.808. The molecule has 0 aliphatic carbocycles. The van der Waals surface area contributed by atoms with Crippen LogP contribution in [0.2, 0.25) is 0 Å². The highest BCUT2D eigenvalue weighted by Gasteiger charge is 2.07. The van der Waals surface area contributed by atoms with E-state index < -0.39 is 0 Å². The van der Waals surface area contributed by atoms with E-state index >= 15 is 0 Å². The highest BCUT2D eigenvalue weighted by molar-refractivity contribution is 9.10. The van der Waals surface area contributed by atoms with Crippen LogP contribution in [0.15, 0.2) is 28.7 Å². The van der Waals surface area contributed by atoms with Crippen molar-refractivity contribution in [2.75, 3.05) is 13.2 Å². The number of nitrogens with one attached hydrogen (secondary N) is 1. The zero-order chi connectivity index (χ0) is 12.7. The minimum absolute atomic E-state index is 0.197. The third-order valence-corrected chi connectivity index (χ3v) is 3.11. The molecule has 0 aromatic heterocycles. The summed E-state index contributed by atoms with van der Waals surface area (Å²) < 4.78 is 6.76. The zero-order valence-electron chi connectivity index (χ0n) is 10.9. The summed E-state index contributed by atoms with van der Waals surface area (Å²) in [4.78, 5) is 0. The first kappa shape index (κ1) is 14.7. The van der Waals surface area contributed by atoms with Gasteiger partial charge in [0.1, 0.15) is 0 Å². The first-order valence-electron chi connectivity index (χ1n) is 6.05. The zero-order valence-corrected chi connectivity index (χ0v) is 12.5.